The van der Waals surface area contributed by atoms with Crippen LogP contribution in [0.15, 0.2) is 34.4 Å². The van der Waals surface area contributed by atoms with E-state index in [0.717, 1.165) is 10.6 Å². The molecule has 0 aromatic carbocycles. The zero-order valence-corrected chi connectivity index (χ0v) is 11.6. The lowest BCUT2D eigenvalue weighted by Gasteiger charge is -2.14. The van der Waals surface area contributed by atoms with Crippen molar-refractivity contribution in [1.82, 2.24) is 4.57 Å². The fourth-order valence-corrected chi connectivity index (χ4v) is 2.69. The Morgan fingerprint density at radius 3 is 2.63 bits per heavy atom. The second-order valence-corrected chi connectivity index (χ2v) is 5.67. The zero-order chi connectivity index (χ0) is 14.0. The first kappa shape index (κ1) is 13.5. The van der Waals surface area contributed by atoms with Crippen LogP contribution >= 0.6 is 11.3 Å². The molecule has 0 aliphatic carbocycles. The van der Waals surface area contributed by atoms with Crippen molar-refractivity contribution in [3.8, 4) is 10.6 Å². The second-order valence-electron chi connectivity index (χ2n) is 4.72. The van der Waals surface area contributed by atoms with Gasteiger partial charge in [-0.2, -0.15) is 0 Å². The number of carboxylic acids is 1. The van der Waals surface area contributed by atoms with Crippen molar-refractivity contribution < 1.29 is 9.90 Å². The van der Waals surface area contributed by atoms with Crippen LogP contribution in [0.4, 0.5) is 0 Å². The van der Waals surface area contributed by atoms with Crippen LogP contribution in [0.2, 0.25) is 0 Å². The first-order chi connectivity index (χ1) is 9.00. The van der Waals surface area contributed by atoms with Crippen LogP contribution in [0, 0.1) is 5.92 Å². The van der Waals surface area contributed by atoms with Gasteiger partial charge in [0.1, 0.15) is 5.56 Å². The van der Waals surface area contributed by atoms with Gasteiger partial charge in [-0.15, -0.1) is 11.3 Å². The van der Waals surface area contributed by atoms with Crippen molar-refractivity contribution in [2.75, 3.05) is 0 Å². The number of aromatic nitrogens is 1. The molecule has 0 unspecified atom stereocenters. The Kier molecular flexibility index (Phi) is 3.85. The van der Waals surface area contributed by atoms with Crippen molar-refractivity contribution in [2.24, 2.45) is 5.92 Å². The van der Waals surface area contributed by atoms with Crippen molar-refractivity contribution in [3.05, 3.63) is 45.6 Å². The molecule has 100 valence electrons. The molecule has 0 atom stereocenters. The molecule has 0 aliphatic heterocycles. The standard InChI is InChI=1S/C14H15NO3S/c1-9(2)8-15-11(12-4-3-7-19-12)6-5-10(13(15)16)14(17)18/h3-7,9H,8H2,1-2H3,(H,17,18). The highest BCUT2D eigenvalue weighted by Gasteiger charge is 2.16. The lowest BCUT2D eigenvalue weighted by Crippen LogP contribution is -2.28. The summed E-state index contributed by atoms with van der Waals surface area (Å²) in [7, 11) is 0. The summed E-state index contributed by atoms with van der Waals surface area (Å²) in [5, 5.41) is 11.0. The van der Waals surface area contributed by atoms with Crippen molar-refractivity contribution in [2.45, 2.75) is 20.4 Å². The monoisotopic (exact) mass is 277 g/mol. The van der Waals surface area contributed by atoms with Gasteiger partial charge in [-0.3, -0.25) is 4.79 Å². The van der Waals surface area contributed by atoms with E-state index in [1.807, 2.05) is 31.4 Å². The molecular weight excluding hydrogens is 262 g/mol. The van der Waals surface area contributed by atoms with Gasteiger partial charge in [-0.05, 0) is 29.5 Å². The molecule has 2 rings (SSSR count). The molecule has 0 amide bonds. The van der Waals surface area contributed by atoms with Crippen LogP contribution < -0.4 is 5.56 Å². The van der Waals surface area contributed by atoms with Crippen molar-refractivity contribution in [3.63, 3.8) is 0 Å². The Morgan fingerprint density at radius 1 is 1.37 bits per heavy atom. The zero-order valence-electron chi connectivity index (χ0n) is 10.8. The normalized spacial score (nSPS) is 10.9. The molecule has 0 spiro atoms. The Morgan fingerprint density at radius 2 is 2.11 bits per heavy atom. The molecule has 0 saturated heterocycles. The summed E-state index contributed by atoms with van der Waals surface area (Å²) < 4.78 is 1.56. The van der Waals surface area contributed by atoms with Gasteiger partial charge in [0.15, 0.2) is 0 Å². The quantitative estimate of drug-likeness (QED) is 0.934. The molecule has 0 fully saturated rings. The van der Waals surface area contributed by atoms with Gasteiger partial charge in [-0.25, -0.2) is 4.79 Å². The van der Waals surface area contributed by atoms with Crippen LogP contribution in [0.5, 0.6) is 0 Å². The number of hydrogen-bond acceptors (Lipinski definition) is 3. The molecule has 2 heterocycles. The highest BCUT2D eigenvalue weighted by atomic mass is 32.1. The van der Waals surface area contributed by atoms with E-state index in [0.29, 0.717) is 6.54 Å². The molecule has 1 N–H and O–H groups in total. The third-order valence-electron chi connectivity index (χ3n) is 2.73. The second kappa shape index (κ2) is 5.40. The Labute approximate surface area is 115 Å². The SMILES string of the molecule is CC(C)Cn1c(-c2cccs2)ccc(C(=O)O)c1=O. The predicted octanol–water partition coefficient (Wildman–Crippen LogP) is 2.93. The average molecular weight is 277 g/mol. The summed E-state index contributed by atoms with van der Waals surface area (Å²) in [5.41, 5.74) is 0.159. The van der Waals surface area contributed by atoms with Gasteiger partial charge in [0, 0.05) is 6.54 Å². The van der Waals surface area contributed by atoms with Gasteiger partial charge in [0.25, 0.3) is 5.56 Å². The number of carbonyl (C=O) groups is 1. The Balaban J connectivity index is 2.65. The molecule has 0 aliphatic rings. The number of aromatic carboxylic acids is 1. The maximum absolute atomic E-state index is 12.2. The van der Waals surface area contributed by atoms with Crippen LogP contribution in [-0.4, -0.2) is 15.6 Å². The lowest BCUT2D eigenvalue weighted by molar-refractivity contribution is 0.0694. The van der Waals surface area contributed by atoms with E-state index < -0.39 is 11.5 Å². The number of nitrogens with zero attached hydrogens (tertiary/aromatic N) is 1. The average Bonchev–Trinajstić information content (AvgIpc) is 2.84. The van der Waals surface area contributed by atoms with E-state index in [1.54, 1.807) is 10.6 Å². The summed E-state index contributed by atoms with van der Waals surface area (Å²) in [6.45, 7) is 4.50. The van der Waals surface area contributed by atoms with E-state index >= 15 is 0 Å². The van der Waals surface area contributed by atoms with E-state index in [9.17, 15) is 9.59 Å². The van der Waals surface area contributed by atoms with Crippen LogP contribution in [0.3, 0.4) is 0 Å². The van der Waals surface area contributed by atoms with E-state index in [1.165, 1.54) is 17.4 Å². The van der Waals surface area contributed by atoms with Crippen LogP contribution in [-0.2, 0) is 6.54 Å². The molecular formula is C14H15NO3S. The van der Waals surface area contributed by atoms with Gasteiger partial charge < -0.3 is 9.67 Å². The predicted molar refractivity (Wildman–Crippen MR) is 75.8 cm³/mol. The lowest BCUT2D eigenvalue weighted by atomic mass is 10.1. The first-order valence-corrected chi connectivity index (χ1v) is 6.89. The maximum Gasteiger partial charge on any atom is 0.341 e. The largest absolute Gasteiger partial charge is 0.477 e. The Bertz CT molecular complexity index is 641. The smallest absolute Gasteiger partial charge is 0.341 e. The minimum Gasteiger partial charge on any atom is -0.477 e. The third kappa shape index (κ3) is 2.76. The minimum atomic E-state index is -1.18. The van der Waals surface area contributed by atoms with E-state index in [2.05, 4.69) is 0 Å². The maximum atomic E-state index is 12.2. The molecule has 0 bridgehead atoms. The molecule has 2 aromatic rings. The number of thiophene rings is 1. The van der Waals surface area contributed by atoms with E-state index in [4.69, 9.17) is 5.11 Å². The molecule has 2 aromatic heterocycles. The summed E-state index contributed by atoms with van der Waals surface area (Å²) in [6.07, 6.45) is 0. The highest BCUT2D eigenvalue weighted by molar-refractivity contribution is 7.13. The number of pyridine rings is 1. The molecule has 0 saturated carbocycles. The van der Waals surface area contributed by atoms with Gasteiger partial charge in [0.2, 0.25) is 0 Å². The fourth-order valence-electron chi connectivity index (χ4n) is 1.93. The summed E-state index contributed by atoms with van der Waals surface area (Å²) in [4.78, 5) is 24.3. The number of hydrogen-bond donors (Lipinski definition) is 1. The van der Waals surface area contributed by atoms with Crippen LogP contribution in [0.25, 0.3) is 10.6 Å². The molecule has 4 nitrogen and oxygen atoms in total. The number of carboxylic acid groups (broad SMARTS) is 1. The van der Waals surface area contributed by atoms with Crippen molar-refractivity contribution in [1.29, 1.82) is 0 Å². The first-order valence-electron chi connectivity index (χ1n) is 6.01. The van der Waals surface area contributed by atoms with Crippen molar-refractivity contribution >= 4 is 17.3 Å². The van der Waals surface area contributed by atoms with Crippen LogP contribution in [0.1, 0.15) is 24.2 Å². The minimum absolute atomic E-state index is 0.180. The summed E-state index contributed by atoms with van der Waals surface area (Å²) in [6, 6.07) is 6.93. The fraction of sp³-hybridized carbons (Fsp3) is 0.286. The molecule has 0 radical (unpaired) electrons. The van der Waals surface area contributed by atoms with E-state index in [-0.39, 0.29) is 11.5 Å². The summed E-state index contributed by atoms with van der Waals surface area (Å²) >= 11 is 1.53. The third-order valence-corrected chi connectivity index (χ3v) is 3.62. The Hall–Kier alpha value is -1.88. The van der Waals surface area contributed by atoms with Gasteiger partial charge in [-0.1, -0.05) is 19.9 Å². The molecule has 5 heteroatoms. The summed E-state index contributed by atoms with van der Waals surface area (Å²) in [5.74, 6) is -0.916. The van der Waals surface area contributed by atoms with Gasteiger partial charge >= 0.3 is 5.97 Å². The topological polar surface area (TPSA) is 59.3 Å². The number of rotatable bonds is 4. The highest BCUT2D eigenvalue weighted by Crippen LogP contribution is 2.24. The van der Waals surface area contributed by atoms with Gasteiger partial charge in [0.05, 0.1) is 10.6 Å². The molecule has 19 heavy (non-hydrogen) atoms.